The minimum absolute atomic E-state index is 0.0284. The van der Waals surface area contributed by atoms with Crippen LogP contribution in [-0.4, -0.2) is 7.11 Å². The Balaban J connectivity index is 2.52. The standard InChI is InChI=1S/C18H10F2O2S/c1-22-13-8-23-18-10-5-3-2-4-9(10)17(21)11-6-7-12(19)16(20)14(11)15(13)18/h2-8H,1H3. The molecule has 0 unspecified atom stereocenters. The van der Waals surface area contributed by atoms with Crippen molar-refractivity contribution in [1.82, 2.24) is 0 Å². The molecule has 2 nitrogen and oxygen atoms in total. The summed E-state index contributed by atoms with van der Waals surface area (Å²) in [5, 5.41) is 3.47. The minimum atomic E-state index is -1.03. The molecule has 0 aliphatic heterocycles. The smallest absolute Gasteiger partial charge is 0.194 e. The SMILES string of the molecule is COc1csc2c3ccccc3c(=O)c3ccc(F)c(F)c3c12. The van der Waals surface area contributed by atoms with Gasteiger partial charge in [-0.25, -0.2) is 8.78 Å². The largest absolute Gasteiger partial charge is 0.495 e. The van der Waals surface area contributed by atoms with Gasteiger partial charge in [-0.1, -0.05) is 24.3 Å². The third-order valence-electron chi connectivity index (χ3n) is 3.98. The number of rotatable bonds is 1. The van der Waals surface area contributed by atoms with Crippen molar-refractivity contribution in [2.45, 2.75) is 0 Å². The van der Waals surface area contributed by atoms with Crippen molar-refractivity contribution < 1.29 is 13.5 Å². The van der Waals surface area contributed by atoms with Crippen LogP contribution in [0.1, 0.15) is 0 Å². The van der Waals surface area contributed by atoms with E-state index in [1.807, 2.05) is 12.1 Å². The molecule has 0 N–H and O–H groups in total. The Morgan fingerprint density at radius 2 is 1.70 bits per heavy atom. The van der Waals surface area contributed by atoms with Crippen LogP contribution in [0.4, 0.5) is 8.78 Å². The van der Waals surface area contributed by atoms with E-state index < -0.39 is 11.6 Å². The van der Waals surface area contributed by atoms with E-state index in [1.54, 1.807) is 17.5 Å². The predicted molar refractivity (Wildman–Crippen MR) is 89.6 cm³/mol. The van der Waals surface area contributed by atoms with E-state index in [9.17, 15) is 13.6 Å². The van der Waals surface area contributed by atoms with Gasteiger partial charge in [-0.05, 0) is 12.1 Å². The Morgan fingerprint density at radius 3 is 2.43 bits per heavy atom. The van der Waals surface area contributed by atoms with Crippen LogP contribution in [0.3, 0.4) is 0 Å². The molecule has 0 spiro atoms. The highest BCUT2D eigenvalue weighted by atomic mass is 32.1. The number of benzene rings is 2. The molecular weight excluding hydrogens is 318 g/mol. The van der Waals surface area contributed by atoms with Crippen molar-refractivity contribution in [2.24, 2.45) is 0 Å². The van der Waals surface area contributed by atoms with E-state index in [2.05, 4.69) is 0 Å². The summed E-state index contributed by atoms with van der Waals surface area (Å²) in [4.78, 5) is 12.8. The topological polar surface area (TPSA) is 26.3 Å². The van der Waals surface area contributed by atoms with Crippen molar-refractivity contribution in [2.75, 3.05) is 7.11 Å². The highest BCUT2D eigenvalue weighted by Gasteiger charge is 2.18. The summed E-state index contributed by atoms with van der Waals surface area (Å²) in [6, 6.07) is 9.39. The molecule has 0 amide bonds. The van der Waals surface area contributed by atoms with Crippen LogP contribution in [0.15, 0.2) is 46.6 Å². The van der Waals surface area contributed by atoms with Crippen LogP contribution in [0.5, 0.6) is 5.75 Å². The van der Waals surface area contributed by atoms with Gasteiger partial charge < -0.3 is 4.74 Å². The first-order chi connectivity index (χ1) is 11.1. The molecule has 23 heavy (non-hydrogen) atoms. The lowest BCUT2D eigenvalue weighted by molar-refractivity contribution is 0.421. The molecule has 4 rings (SSSR count). The summed E-state index contributed by atoms with van der Waals surface area (Å²) in [5.41, 5.74) is -0.319. The Kier molecular flexibility index (Phi) is 3.06. The first-order valence-corrected chi connectivity index (χ1v) is 7.79. The monoisotopic (exact) mass is 328 g/mol. The van der Waals surface area contributed by atoms with Gasteiger partial charge in [-0.2, -0.15) is 0 Å². The number of thiophene rings is 1. The fourth-order valence-corrected chi connectivity index (χ4v) is 4.00. The normalized spacial score (nSPS) is 11.4. The van der Waals surface area contributed by atoms with Gasteiger partial charge in [0.15, 0.2) is 17.1 Å². The maximum atomic E-state index is 14.6. The average molecular weight is 328 g/mol. The van der Waals surface area contributed by atoms with E-state index >= 15 is 0 Å². The van der Waals surface area contributed by atoms with E-state index in [0.29, 0.717) is 26.6 Å². The number of fused-ring (bicyclic) bond motifs is 5. The van der Waals surface area contributed by atoms with Crippen molar-refractivity contribution in [3.8, 4) is 5.75 Å². The van der Waals surface area contributed by atoms with Crippen LogP contribution in [0.2, 0.25) is 0 Å². The van der Waals surface area contributed by atoms with Crippen LogP contribution in [0, 0.1) is 11.6 Å². The van der Waals surface area contributed by atoms with E-state index in [1.165, 1.54) is 24.5 Å². The molecule has 1 aromatic heterocycles. The van der Waals surface area contributed by atoms with Crippen LogP contribution < -0.4 is 10.2 Å². The molecule has 0 saturated carbocycles. The number of hydrogen-bond acceptors (Lipinski definition) is 3. The van der Waals surface area contributed by atoms with Gasteiger partial charge in [0.25, 0.3) is 0 Å². The molecule has 0 fully saturated rings. The second-order valence-corrected chi connectivity index (χ2v) is 6.05. The van der Waals surface area contributed by atoms with Gasteiger partial charge >= 0.3 is 0 Å². The first-order valence-electron chi connectivity index (χ1n) is 6.91. The summed E-state index contributed by atoms with van der Waals surface area (Å²) in [6.45, 7) is 0. The van der Waals surface area contributed by atoms with Crippen molar-refractivity contribution in [3.05, 3.63) is 63.6 Å². The number of ether oxygens (including phenoxy) is 1. The molecule has 1 heterocycles. The van der Waals surface area contributed by atoms with Gasteiger partial charge in [-0.15, -0.1) is 11.3 Å². The molecule has 0 bridgehead atoms. The summed E-state index contributed by atoms with van der Waals surface area (Å²) < 4.78 is 34.4. The second-order valence-electron chi connectivity index (χ2n) is 5.17. The number of methoxy groups -OCH3 is 1. The highest BCUT2D eigenvalue weighted by Crippen LogP contribution is 2.40. The summed E-state index contributed by atoms with van der Waals surface area (Å²) in [6.07, 6.45) is 0. The summed E-state index contributed by atoms with van der Waals surface area (Å²) in [7, 11) is 1.47. The van der Waals surface area contributed by atoms with Gasteiger partial charge in [0.2, 0.25) is 0 Å². The summed E-state index contributed by atoms with van der Waals surface area (Å²) >= 11 is 1.35. The maximum Gasteiger partial charge on any atom is 0.194 e. The molecule has 3 aromatic carbocycles. The Hall–Kier alpha value is -2.53. The quantitative estimate of drug-likeness (QED) is 0.499. The zero-order valence-electron chi connectivity index (χ0n) is 12.0. The molecule has 114 valence electrons. The van der Waals surface area contributed by atoms with Crippen LogP contribution >= 0.6 is 11.3 Å². The first kappa shape index (κ1) is 14.1. The molecule has 5 heteroatoms. The fraction of sp³-hybridized carbons (Fsp3) is 0.0556. The third kappa shape index (κ3) is 1.86. The van der Waals surface area contributed by atoms with Crippen molar-refractivity contribution >= 4 is 43.0 Å². The van der Waals surface area contributed by atoms with Gasteiger partial charge in [0, 0.05) is 37.0 Å². The molecule has 0 aliphatic rings. The zero-order valence-corrected chi connectivity index (χ0v) is 12.8. The Labute approximate surface area is 133 Å². The lowest BCUT2D eigenvalue weighted by Gasteiger charge is -2.01. The van der Waals surface area contributed by atoms with E-state index in [0.717, 1.165) is 6.07 Å². The predicted octanol–water partition coefficient (Wildman–Crippen LogP) is 4.85. The molecule has 0 radical (unpaired) electrons. The highest BCUT2D eigenvalue weighted by molar-refractivity contribution is 7.18. The number of hydrogen-bond donors (Lipinski definition) is 0. The van der Waals surface area contributed by atoms with Gasteiger partial charge in [0.05, 0.1) is 7.11 Å². The van der Waals surface area contributed by atoms with Gasteiger partial charge in [0.1, 0.15) is 5.75 Å². The molecule has 0 saturated heterocycles. The van der Waals surface area contributed by atoms with Crippen molar-refractivity contribution in [3.63, 3.8) is 0 Å². The summed E-state index contributed by atoms with van der Waals surface area (Å²) in [5.74, 6) is -1.58. The maximum absolute atomic E-state index is 14.6. The lowest BCUT2D eigenvalue weighted by Crippen LogP contribution is -2.00. The number of halogens is 2. The lowest BCUT2D eigenvalue weighted by atomic mass is 10.1. The van der Waals surface area contributed by atoms with Crippen LogP contribution in [-0.2, 0) is 0 Å². The zero-order chi connectivity index (χ0) is 16.1. The second kappa shape index (κ2) is 4.99. The molecular formula is C18H10F2O2S. The molecule has 0 atom stereocenters. The Bertz CT molecular complexity index is 1150. The van der Waals surface area contributed by atoms with Crippen LogP contribution in [0.25, 0.3) is 31.6 Å². The average Bonchev–Trinajstić information content (AvgIpc) is 2.96. The molecule has 4 aromatic rings. The minimum Gasteiger partial charge on any atom is -0.495 e. The third-order valence-corrected chi connectivity index (χ3v) is 4.97. The van der Waals surface area contributed by atoms with Crippen molar-refractivity contribution in [1.29, 1.82) is 0 Å². The fourth-order valence-electron chi connectivity index (χ4n) is 2.94. The Morgan fingerprint density at radius 1 is 0.957 bits per heavy atom. The van der Waals surface area contributed by atoms with E-state index in [4.69, 9.17) is 4.74 Å². The van der Waals surface area contributed by atoms with Gasteiger partial charge in [-0.3, -0.25) is 4.79 Å². The molecule has 0 aliphatic carbocycles. The van der Waals surface area contributed by atoms with E-state index in [-0.39, 0.29) is 16.2 Å².